The van der Waals surface area contributed by atoms with Crippen LogP contribution in [-0.4, -0.2) is 43.0 Å². The van der Waals surface area contributed by atoms with Gasteiger partial charge in [0, 0.05) is 25.2 Å². The minimum atomic E-state index is -0.453. The summed E-state index contributed by atoms with van der Waals surface area (Å²) in [6.07, 6.45) is 3.04. The molecule has 1 aliphatic rings. The van der Waals surface area contributed by atoms with Gasteiger partial charge in [0.15, 0.2) is 0 Å². The zero-order valence-electron chi connectivity index (χ0n) is 13.5. The number of alkyl carbamates (subject to hydrolysis) is 1. The molecule has 1 fully saturated rings. The van der Waals surface area contributed by atoms with Crippen molar-refractivity contribution in [2.24, 2.45) is 0 Å². The summed E-state index contributed by atoms with van der Waals surface area (Å²) in [6.45, 7) is 11.2. The van der Waals surface area contributed by atoms with Crippen molar-refractivity contribution < 1.29 is 14.3 Å². The molecule has 0 aromatic rings. The van der Waals surface area contributed by atoms with Gasteiger partial charge in [-0.1, -0.05) is 13.3 Å². The largest absolute Gasteiger partial charge is 0.444 e. The lowest BCUT2D eigenvalue weighted by atomic mass is 10.1. The Labute approximate surface area is 122 Å². The molecule has 3 atom stereocenters. The Morgan fingerprint density at radius 1 is 1.45 bits per heavy atom. The summed E-state index contributed by atoms with van der Waals surface area (Å²) in [5, 5.41) is 6.44. The molecule has 20 heavy (non-hydrogen) atoms. The maximum absolute atomic E-state index is 11.7. The van der Waals surface area contributed by atoms with Crippen LogP contribution >= 0.6 is 0 Å². The summed E-state index contributed by atoms with van der Waals surface area (Å²) in [6, 6.07) is 0.647. The molecule has 0 radical (unpaired) electrons. The smallest absolute Gasteiger partial charge is 0.407 e. The van der Waals surface area contributed by atoms with Gasteiger partial charge >= 0.3 is 6.09 Å². The predicted octanol–water partition coefficient (Wildman–Crippen LogP) is 2.45. The number of carbonyl (C=O) groups is 1. The Balaban J connectivity index is 2.36. The van der Waals surface area contributed by atoms with E-state index in [1.54, 1.807) is 0 Å². The summed E-state index contributed by atoms with van der Waals surface area (Å²) in [4.78, 5) is 11.7. The van der Waals surface area contributed by atoms with E-state index in [4.69, 9.17) is 9.47 Å². The molecule has 1 aliphatic heterocycles. The molecule has 0 saturated carbocycles. The standard InChI is InChI=1S/C15H30N2O3/c1-6-7-12(17-13-8-9-19-11(13)2)10-16-14(18)20-15(3,4)5/h11-13,17H,6-10H2,1-5H3,(H,16,18). The minimum absolute atomic E-state index is 0.246. The predicted molar refractivity (Wildman–Crippen MR) is 79.9 cm³/mol. The number of amides is 1. The Hall–Kier alpha value is -0.810. The first-order chi connectivity index (χ1) is 9.31. The third kappa shape index (κ3) is 6.57. The van der Waals surface area contributed by atoms with Crippen molar-refractivity contribution in [1.29, 1.82) is 0 Å². The molecule has 1 amide bonds. The molecule has 5 heteroatoms. The molecule has 1 rings (SSSR count). The van der Waals surface area contributed by atoms with Gasteiger partial charge in [-0.05, 0) is 40.5 Å². The Bertz CT molecular complexity index is 302. The van der Waals surface area contributed by atoms with Crippen LogP contribution in [0.15, 0.2) is 0 Å². The van der Waals surface area contributed by atoms with Gasteiger partial charge in [0.05, 0.1) is 6.10 Å². The molecule has 0 spiro atoms. The van der Waals surface area contributed by atoms with Crippen molar-refractivity contribution in [2.45, 2.75) is 77.7 Å². The van der Waals surface area contributed by atoms with Gasteiger partial charge in [0.1, 0.15) is 5.60 Å². The SMILES string of the molecule is CCCC(CNC(=O)OC(C)(C)C)NC1CCOC1C. The van der Waals surface area contributed by atoms with Crippen LogP contribution in [0.25, 0.3) is 0 Å². The lowest BCUT2D eigenvalue weighted by Gasteiger charge is -2.26. The molecule has 2 N–H and O–H groups in total. The number of hydrogen-bond donors (Lipinski definition) is 2. The lowest BCUT2D eigenvalue weighted by molar-refractivity contribution is 0.0519. The maximum atomic E-state index is 11.7. The fraction of sp³-hybridized carbons (Fsp3) is 0.933. The quantitative estimate of drug-likeness (QED) is 0.787. The van der Waals surface area contributed by atoms with E-state index in [0.717, 1.165) is 25.9 Å². The number of carbonyl (C=O) groups excluding carboxylic acids is 1. The van der Waals surface area contributed by atoms with E-state index in [9.17, 15) is 4.79 Å². The Morgan fingerprint density at radius 2 is 2.15 bits per heavy atom. The van der Waals surface area contributed by atoms with E-state index in [-0.39, 0.29) is 18.2 Å². The first-order valence-electron chi connectivity index (χ1n) is 7.66. The maximum Gasteiger partial charge on any atom is 0.407 e. The van der Waals surface area contributed by atoms with E-state index in [1.165, 1.54) is 0 Å². The lowest BCUT2D eigenvalue weighted by Crippen LogP contribution is -2.48. The van der Waals surface area contributed by atoms with E-state index in [1.807, 2.05) is 20.8 Å². The fourth-order valence-electron chi connectivity index (χ4n) is 2.37. The third-order valence-corrected chi connectivity index (χ3v) is 3.35. The third-order valence-electron chi connectivity index (χ3n) is 3.35. The highest BCUT2D eigenvalue weighted by molar-refractivity contribution is 5.67. The van der Waals surface area contributed by atoms with Gasteiger partial charge in [-0.3, -0.25) is 0 Å². The monoisotopic (exact) mass is 286 g/mol. The van der Waals surface area contributed by atoms with Crippen LogP contribution in [0.3, 0.4) is 0 Å². The van der Waals surface area contributed by atoms with Gasteiger partial charge in [-0.15, -0.1) is 0 Å². The van der Waals surface area contributed by atoms with Gasteiger partial charge in [0.25, 0.3) is 0 Å². The second-order valence-corrected chi connectivity index (χ2v) is 6.51. The highest BCUT2D eigenvalue weighted by Gasteiger charge is 2.26. The summed E-state index contributed by atoms with van der Waals surface area (Å²) < 4.78 is 10.8. The topological polar surface area (TPSA) is 59.6 Å². The van der Waals surface area contributed by atoms with E-state index >= 15 is 0 Å². The summed E-state index contributed by atoms with van der Waals surface area (Å²) in [7, 11) is 0. The molecule has 118 valence electrons. The first-order valence-corrected chi connectivity index (χ1v) is 7.66. The van der Waals surface area contributed by atoms with Crippen molar-refractivity contribution in [3.05, 3.63) is 0 Å². The van der Waals surface area contributed by atoms with Crippen molar-refractivity contribution >= 4 is 6.09 Å². The summed E-state index contributed by atoms with van der Waals surface area (Å²) in [5.41, 5.74) is -0.453. The van der Waals surface area contributed by atoms with Crippen molar-refractivity contribution in [3.8, 4) is 0 Å². The Morgan fingerprint density at radius 3 is 2.65 bits per heavy atom. The number of ether oxygens (including phenoxy) is 2. The normalized spacial score (nSPS) is 24.4. The van der Waals surface area contributed by atoms with Crippen LogP contribution in [0.4, 0.5) is 4.79 Å². The number of rotatable bonds is 6. The van der Waals surface area contributed by atoms with Crippen molar-refractivity contribution in [1.82, 2.24) is 10.6 Å². The molecular formula is C15H30N2O3. The van der Waals surface area contributed by atoms with E-state index in [2.05, 4.69) is 24.5 Å². The average molecular weight is 286 g/mol. The second-order valence-electron chi connectivity index (χ2n) is 6.51. The summed E-state index contributed by atoms with van der Waals surface area (Å²) >= 11 is 0. The first kappa shape index (κ1) is 17.2. The molecule has 5 nitrogen and oxygen atoms in total. The zero-order chi connectivity index (χ0) is 15.2. The molecular weight excluding hydrogens is 256 g/mol. The number of hydrogen-bond acceptors (Lipinski definition) is 4. The van der Waals surface area contributed by atoms with Crippen LogP contribution in [0.1, 0.15) is 53.9 Å². The van der Waals surface area contributed by atoms with Gasteiger partial charge in [-0.25, -0.2) is 4.79 Å². The highest BCUT2D eigenvalue weighted by Crippen LogP contribution is 2.14. The minimum Gasteiger partial charge on any atom is -0.444 e. The van der Waals surface area contributed by atoms with Gasteiger partial charge < -0.3 is 20.1 Å². The van der Waals surface area contributed by atoms with Crippen molar-refractivity contribution in [2.75, 3.05) is 13.2 Å². The molecule has 0 aliphatic carbocycles. The fourth-order valence-corrected chi connectivity index (χ4v) is 2.37. The van der Waals surface area contributed by atoms with E-state index < -0.39 is 5.60 Å². The second kappa shape index (κ2) is 7.84. The van der Waals surface area contributed by atoms with Crippen LogP contribution in [-0.2, 0) is 9.47 Å². The zero-order valence-corrected chi connectivity index (χ0v) is 13.5. The molecule has 0 aromatic carbocycles. The molecule has 3 unspecified atom stereocenters. The van der Waals surface area contributed by atoms with Crippen molar-refractivity contribution in [3.63, 3.8) is 0 Å². The average Bonchev–Trinajstić information content (AvgIpc) is 2.70. The van der Waals surface area contributed by atoms with Crippen LogP contribution < -0.4 is 10.6 Å². The molecule has 1 saturated heterocycles. The van der Waals surface area contributed by atoms with Gasteiger partial charge in [0.2, 0.25) is 0 Å². The molecule has 0 bridgehead atoms. The Kier molecular flexibility index (Phi) is 6.76. The molecule has 1 heterocycles. The highest BCUT2D eigenvalue weighted by atomic mass is 16.6. The number of nitrogens with one attached hydrogen (secondary N) is 2. The molecule has 0 aromatic heterocycles. The van der Waals surface area contributed by atoms with Gasteiger partial charge in [-0.2, -0.15) is 0 Å². The van der Waals surface area contributed by atoms with Crippen LogP contribution in [0.5, 0.6) is 0 Å². The van der Waals surface area contributed by atoms with Crippen LogP contribution in [0, 0.1) is 0 Å². The summed E-state index contributed by atoms with van der Waals surface area (Å²) in [5.74, 6) is 0. The van der Waals surface area contributed by atoms with E-state index in [0.29, 0.717) is 12.6 Å². The van der Waals surface area contributed by atoms with Crippen LogP contribution in [0.2, 0.25) is 0 Å².